The summed E-state index contributed by atoms with van der Waals surface area (Å²) in [4.78, 5) is 28.7. The lowest BCUT2D eigenvalue weighted by molar-refractivity contribution is -0.124. The Kier molecular flexibility index (Phi) is 7.46. The molecule has 0 spiro atoms. The molecule has 0 unspecified atom stereocenters. The van der Waals surface area contributed by atoms with Gasteiger partial charge in [-0.15, -0.1) is 10.2 Å². The molecule has 1 saturated carbocycles. The first kappa shape index (κ1) is 23.3. The van der Waals surface area contributed by atoms with Crippen LogP contribution in [-0.2, 0) is 16.1 Å². The van der Waals surface area contributed by atoms with Gasteiger partial charge >= 0.3 is 0 Å². The van der Waals surface area contributed by atoms with Gasteiger partial charge in [0.25, 0.3) is 5.91 Å². The lowest BCUT2D eigenvalue weighted by Crippen LogP contribution is -2.46. The van der Waals surface area contributed by atoms with Crippen LogP contribution in [0.2, 0.25) is 0 Å². The molecular formula is C24H27FN6O3. The van der Waals surface area contributed by atoms with E-state index in [1.807, 2.05) is 0 Å². The molecule has 10 heteroatoms. The molecule has 2 aromatic carbocycles. The minimum Gasteiger partial charge on any atom is -0.495 e. The van der Waals surface area contributed by atoms with Gasteiger partial charge in [0, 0.05) is 11.6 Å². The second kappa shape index (κ2) is 10.9. The predicted molar refractivity (Wildman–Crippen MR) is 124 cm³/mol. The van der Waals surface area contributed by atoms with Crippen LogP contribution >= 0.6 is 0 Å². The number of ether oxygens (including phenoxy) is 1. The first-order valence-corrected chi connectivity index (χ1v) is 11.3. The number of rotatable bonds is 8. The molecule has 0 bridgehead atoms. The number of nitrogens with one attached hydrogen (secondary N) is 1. The number of carbonyl (C=O) groups excluding carboxylic acids is 2. The monoisotopic (exact) mass is 466 g/mol. The summed E-state index contributed by atoms with van der Waals surface area (Å²) in [5.74, 6) is -0.257. The molecule has 4 rings (SSSR count). The summed E-state index contributed by atoms with van der Waals surface area (Å²) in [7, 11) is 1.51. The first-order valence-electron chi connectivity index (χ1n) is 11.3. The first-order chi connectivity index (χ1) is 16.5. The van der Waals surface area contributed by atoms with Gasteiger partial charge in [0.05, 0.1) is 12.8 Å². The zero-order chi connectivity index (χ0) is 23.9. The van der Waals surface area contributed by atoms with Crippen LogP contribution in [0.4, 0.5) is 10.1 Å². The third-order valence-electron chi connectivity index (χ3n) is 5.78. The van der Waals surface area contributed by atoms with E-state index in [2.05, 4.69) is 20.7 Å². The fourth-order valence-electron chi connectivity index (χ4n) is 4.06. The van der Waals surface area contributed by atoms with Crippen molar-refractivity contribution in [3.63, 3.8) is 0 Å². The number of benzene rings is 2. The summed E-state index contributed by atoms with van der Waals surface area (Å²) in [6.07, 6.45) is 5.26. The zero-order valence-corrected chi connectivity index (χ0v) is 19.0. The van der Waals surface area contributed by atoms with E-state index in [1.54, 1.807) is 24.3 Å². The number of nitrogens with zero attached hydrogens (tertiary/aromatic N) is 5. The van der Waals surface area contributed by atoms with Crippen LogP contribution in [0.15, 0.2) is 48.5 Å². The molecule has 34 heavy (non-hydrogen) atoms. The third-order valence-corrected chi connectivity index (χ3v) is 5.78. The van der Waals surface area contributed by atoms with Gasteiger partial charge in [-0.25, -0.2) is 4.39 Å². The van der Waals surface area contributed by atoms with Crippen molar-refractivity contribution < 1.29 is 18.7 Å². The van der Waals surface area contributed by atoms with Crippen molar-refractivity contribution in [3.05, 3.63) is 54.3 Å². The standard InChI is InChI=1S/C24H27FN6O3/c1-34-21-10-6-5-9-20(21)30(15-22(32)26-19-7-3-2-4-8-19)23(33)16-31-28-24(27-29-31)17-11-13-18(25)14-12-17/h5-6,9-14,19H,2-4,7-8,15-16H2,1H3,(H,26,32). The highest BCUT2D eigenvalue weighted by Crippen LogP contribution is 2.28. The SMILES string of the molecule is COc1ccccc1N(CC(=O)NC1CCCCC1)C(=O)Cn1nnc(-c2ccc(F)cc2)n1. The van der Waals surface area contributed by atoms with Crippen molar-refractivity contribution in [2.75, 3.05) is 18.6 Å². The maximum atomic E-state index is 13.3. The normalized spacial score (nSPS) is 13.9. The van der Waals surface area contributed by atoms with Crippen LogP contribution in [0.3, 0.4) is 0 Å². The molecule has 1 N–H and O–H groups in total. The minimum atomic E-state index is -0.397. The van der Waals surface area contributed by atoms with E-state index >= 15 is 0 Å². The maximum Gasteiger partial charge on any atom is 0.251 e. The largest absolute Gasteiger partial charge is 0.495 e. The maximum absolute atomic E-state index is 13.3. The van der Waals surface area contributed by atoms with E-state index in [9.17, 15) is 14.0 Å². The van der Waals surface area contributed by atoms with Crippen molar-refractivity contribution in [2.45, 2.75) is 44.7 Å². The number of methoxy groups -OCH3 is 1. The van der Waals surface area contributed by atoms with Crippen molar-refractivity contribution >= 4 is 17.5 Å². The Labute approximate surface area is 196 Å². The number of hydrogen-bond acceptors (Lipinski definition) is 6. The van der Waals surface area contributed by atoms with E-state index < -0.39 is 5.91 Å². The van der Waals surface area contributed by atoms with Crippen molar-refractivity contribution in [3.8, 4) is 17.1 Å². The summed E-state index contributed by atoms with van der Waals surface area (Å²) in [6, 6.07) is 12.8. The molecule has 0 atom stereocenters. The fraction of sp³-hybridized carbons (Fsp3) is 0.375. The molecule has 1 aliphatic rings. The lowest BCUT2D eigenvalue weighted by Gasteiger charge is -2.27. The number of hydrogen-bond donors (Lipinski definition) is 1. The van der Waals surface area contributed by atoms with Gasteiger partial charge in [-0.2, -0.15) is 4.80 Å². The molecule has 9 nitrogen and oxygen atoms in total. The molecule has 1 fully saturated rings. The number of anilines is 1. The summed E-state index contributed by atoms with van der Waals surface area (Å²) in [6.45, 7) is -0.391. The third kappa shape index (κ3) is 5.75. The molecule has 0 saturated heterocycles. The van der Waals surface area contributed by atoms with Crippen molar-refractivity contribution in [1.82, 2.24) is 25.5 Å². The van der Waals surface area contributed by atoms with Crippen LogP contribution in [-0.4, -0.2) is 51.7 Å². The zero-order valence-electron chi connectivity index (χ0n) is 19.0. The second-order valence-electron chi connectivity index (χ2n) is 8.20. The topological polar surface area (TPSA) is 102 Å². The number of amides is 2. The van der Waals surface area contributed by atoms with Crippen molar-refractivity contribution in [1.29, 1.82) is 0 Å². The Morgan fingerprint density at radius 2 is 1.85 bits per heavy atom. The number of carbonyl (C=O) groups is 2. The van der Waals surface area contributed by atoms with E-state index in [1.165, 1.54) is 42.7 Å². The molecule has 178 valence electrons. The smallest absolute Gasteiger partial charge is 0.251 e. The van der Waals surface area contributed by atoms with Crippen LogP contribution in [0.5, 0.6) is 5.75 Å². The molecule has 2 amide bonds. The van der Waals surface area contributed by atoms with Gasteiger partial charge in [0.15, 0.2) is 0 Å². The summed E-state index contributed by atoms with van der Waals surface area (Å²) in [5.41, 5.74) is 1.06. The van der Waals surface area contributed by atoms with Gasteiger partial charge in [0.2, 0.25) is 11.7 Å². The molecule has 0 radical (unpaired) electrons. The van der Waals surface area contributed by atoms with Gasteiger partial charge in [-0.3, -0.25) is 14.5 Å². The van der Waals surface area contributed by atoms with Crippen LogP contribution in [0, 0.1) is 5.82 Å². The highest BCUT2D eigenvalue weighted by molar-refractivity contribution is 5.99. The molecular weight excluding hydrogens is 439 g/mol. The van der Waals surface area contributed by atoms with E-state index in [0.717, 1.165) is 30.5 Å². The summed E-state index contributed by atoms with van der Waals surface area (Å²) >= 11 is 0. The number of para-hydroxylation sites is 2. The average Bonchev–Trinajstić information content (AvgIpc) is 3.32. The average molecular weight is 467 g/mol. The van der Waals surface area contributed by atoms with E-state index in [-0.39, 0.29) is 36.7 Å². The predicted octanol–water partition coefficient (Wildman–Crippen LogP) is 2.97. The summed E-state index contributed by atoms with van der Waals surface area (Å²) in [5, 5.41) is 15.2. The Balaban J connectivity index is 1.51. The van der Waals surface area contributed by atoms with Crippen LogP contribution in [0.1, 0.15) is 32.1 Å². The Morgan fingerprint density at radius 1 is 1.12 bits per heavy atom. The van der Waals surface area contributed by atoms with Gasteiger partial charge in [-0.05, 0) is 54.5 Å². The molecule has 1 heterocycles. The van der Waals surface area contributed by atoms with E-state index in [4.69, 9.17) is 4.74 Å². The minimum absolute atomic E-state index is 0.131. The Hall–Kier alpha value is -3.82. The fourth-order valence-corrected chi connectivity index (χ4v) is 4.06. The molecule has 1 aromatic heterocycles. The molecule has 1 aliphatic carbocycles. The van der Waals surface area contributed by atoms with Crippen molar-refractivity contribution in [2.24, 2.45) is 0 Å². The Morgan fingerprint density at radius 3 is 2.59 bits per heavy atom. The number of tetrazole rings is 1. The van der Waals surface area contributed by atoms with Gasteiger partial charge < -0.3 is 10.1 Å². The second-order valence-corrected chi connectivity index (χ2v) is 8.20. The van der Waals surface area contributed by atoms with E-state index in [0.29, 0.717) is 17.0 Å². The summed E-state index contributed by atoms with van der Waals surface area (Å²) < 4.78 is 18.6. The highest BCUT2D eigenvalue weighted by atomic mass is 19.1. The van der Waals surface area contributed by atoms with Gasteiger partial charge in [-0.1, -0.05) is 31.4 Å². The van der Waals surface area contributed by atoms with Gasteiger partial charge in [0.1, 0.15) is 24.7 Å². The number of aromatic nitrogens is 4. The highest BCUT2D eigenvalue weighted by Gasteiger charge is 2.25. The molecule has 0 aliphatic heterocycles. The number of halogens is 1. The van der Waals surface area contributed by atoms with Crippen LogP contribution in [0.25, 0.3) is 11.4 Å². The Bertz CT molecular complexity index is 1130. The molecule has 3 aromatic rings. The quantitative estimate of drug-likeness (QED) is 0.548. The van der Waals surface area contributed by atoms with Crippen LogP contribution < -0.4 is 15.0 Å². The lowest BCUT2D eigenvalue weighted by atomic mass is 9.95.